The minimum atomic E-state index is -0.219. The van der Waals surface area contributed by atoms with Crippen molar-refractivity contribution in [3.05, 3.63) is 84.7 Å². The Morgan fingerprint density at radius 2 is 1.75 bits per heavy atom. The lowest BCUT2D eigenvalue weighted by molar-refractivity contribution is 0.102. The van der Waals surface area contributed by atoms with Crippen molar-refractivity contribution < 1.29 is 4.79 Å². The highest BCUT2D eigenvalue weighted by atomic mass is 16.1. The summed E-state index contributed by atoms with van der Waals surface area (Å²) < 4.78 is 1.67. The summed E-state index contributed by atoms with van der Waals surface area (Å²) in [6.07, 6.45) is 3.49. The lowest BCUT2D eigenvalue weighted by atomic mass is 10.1. The Balaban J connectivity index is 1.67. The van der Waals surface area contributed by atoms with Crippen LogP contribution in [0.15, 0.2) is 79.1 Å². The van der Waals surface area contributed by atoms with Gasteiger partial charge in [0.25, 0.3) is 5.91 Å². The minimum absolute atomic E-state index is 0.219. The highest BCUT2D eigenvalue weighted by Crippen LogP contribution is 2.18. The number of amides is 1. The van der Waals surface area contributed by atoms with Crippen molar-refractivity contribution in [3.8, 4) is 5.69 Å². The number of aromatic nitrogens is 3. The van der Waals surface area contributed by atoms with E-state index in [1.165, 1.54) is 0 Å². The Hall–Kier alpha value is -3.47. The van der Waals surface area contributed by atoms with Crippen molar-refractivity contribution in [1.82, 2.24) is 14.8 Å². The first-order valence-corrected chi connectivity index (χ1v) is 7.57. The topological polar surface area (TPSA) is 59.8 Å². The van der Waals surface area contributed by atoms with E-state index >= 15 is 0 Å². The number of hydrogen-bond donors (Lipinski definition) is 1. The van der Waals surface area contributed by atoms with Gasteiger partial charge in [0.1, 0.15) is 5.82 Å². The number of carbonyl (C=O) groups is 1. The smallest absolute Gasteiger partial charge is 0.259 e. The molecule has 0 spiro atoms. The molecule has 116 valence electrons. The molecule has 5 heteroatoms. The molecule has 0 atom stereocenters. The second kappa shape index (κ2) is 5.96. The van der Waals surface area contributed by atoms with Gasteiger partial charge in [-0.2, -0.15) is 5.10 Å². The Morgan fingerprint density at radius 3 is 2.62 bits per heavy atom. The number of nitrogens with zero attached hydrogens (tertiary/aromatic N) is 3. The lowest BCUT2D eigenvalue weighted by Gasteiger charge is -2.10. The molecule has 0 aliphatic heterocycles. The number of carbonyl (C=O) groups excluding carboxylic acids is 1. The third-order valence-corrected chi connectivity index (χ3v) is 3.74. The number of pyridine rings is 1. The normalized spacial score (nSPS) is 10.7. The predicted molar refractivity (Wildman–Crippen MR) is 93.3 cm³/mol. The maximum atomic E-state index is 12.7. The molecule has 5 nitrogen and oxygen atoms in total. The fourth-order valence-electron chi connectivity index (χ4n) is 2.60. The first kappa shape index (κ1) is 14.1. The quantitative estimate of drug-likeness (QED) is 0.627. The third kappa shape index (κ3) is 2.63. The van der Waals surface area contributed by atoms with Gasteiger partial charge in [0.2, 0.25) is 0 Å². The summed E-state index contributed by atoms with van der Waals surface area (Å²) in [6, 6.07) is 20.7. The van der Waals surface area contributed by atoms with E-state index in [9.17, 15) is 4.79 Å². The van der Waals surface area contributed by atoms with Crippen LogP contribution in [-0.4, -0.2) is 20.7 Å². The molecule has 0 bridgehead atoms. The highest BCUT2D eigenvalue weighted by Gasteiger charge is 2.13. The maximum absolute atomic E-state index is 12.7. The monoisotopic (exact) mass is 314 g/mol. The van der Waals surface area contributed by atoms with E-state index in [0.29, 0.717) is 11.4 Å². The third-order valence-electron chi connectivity index (χ3n) is 3.74. The van der Waals surface area contributed by atoms with Crippen molar-refractivity contribution >= 4 is 22.6 Å². The molecule has 0 saturated heterocycles. The van der Waals surface area contributed by atoms with Gasteiger partial charge < -0.3 is 5.32 Å². The van der Waals surface area contributed by atoms with Crippen molar-refractivity contribution in [2.75, 3.05) is 5.32 Å². The van der Waals surface area contributed by atoms with Crippen LogP contribution < -0.4 is 5.32 Å². The van der Waals surface area contributed by atoms with Crippen LogP contribution in [0.1, 0.15) is 10.4 Å². The number of para-hydroxylation sites is 2. The van der Waals surface area contributed by atoms with Crippen LogP contribution in [0.2, 0.25) is 0 Å². The number of hydrogen-bond acceptors (Lipinski definition) is 3. The Bertz CT molecular complexity index is 1010. The molecule has 1 amide bonds. The van der Waals surface area contributed by atoms with Crippen molar-refractivity contribution in [3.63, 3.8) is 0 Å². The van der Waals surface area contributed by atoms with Crippen LogP contribution in [0.4, 0.5) is 5.82 Å². The molecule has 4 aromatic rings. The summed E-state index contributed by atoms with van der Waals surface area (Å²) in [5.41, 5.74) is 2.10. The zero-order valence-electron chi connectivity index (χ0n) is 12.8. The molecule has 2 aromatic heterocycles. The molecule has 0 aliphatic rings. The van der Waals surface area contributed by atoms with Gasteiger partial charge >= 0.3 is 0 Å². The van der Waals surface area contributed by atoms with E-state index in [0.717, 1.165) is 16.6 Å². The molecule has 4 rings (SSSR count). The first-order valence-electron chi connectivity index (χ1n) is 7.57. The van der Waals surface area contributed by atoms with Gasteiger partial charge in [-0.05, 0) is 36.4 Å². The van der Waals surface area contributed by atoms with Gasteiger partial charge in [0, 0.05) is 17.8 Å². The average molecular weight is 314 g/mol. The fraction of sp³-hybridized carbons (Fsp3) is 0. The predicted octanol–water partition coefficient (Wildman–Crippen LogP) is 3.67. The zero-order valence-corrected chi connectivity index (χ0v) is 12.8. The zero-order chi connectivity index (χ0) is 16.4. The number of anilines is 1. The van der Waals surface area contributed by atoms with Gasteiger partial charge in [-0.1, -0.05) is 30.3 Å². The van der Waals surface area contributed by atoms with Crippen molar-refractivity contribution in [1.29, 1.82) is 0 Å². The second-order valence-electron chi connectivity index (χ2n) is 5.31. The number of benzene rings is 2. The molecule has 1 N–H and O–H groups in total. The standard InChI is InChI=1S/C19H14N4O/c24-19(15-7-2-4-9-17(15)23-13-5-12-20-23)22-18-11-10-14-6-1-3-8-16(14)21-18/h1-13H,(H,21,22,24). The van der Waals surface area contributed by atoms with Gasteiger partial charge in [-0.25, -0.2) is 9.67 Å². The van der Waals surface area contributed by atoms with E-state index in [2.05, 4.69) is 15.4 Å². The fourth-order valence-corrected chi connectivity index (χ4v) is 2.60. The summed E-state index contributed by atoms with van der Waals surface area (Å²) in [5.74, 6) is 0.304. The highest BCUT2D eigenvalue weighted by molar-refractivity contribution is 6.06. The molecule has 24 heavy (non-hydrogen) atoms. The summed E-state index contributed by atoms with van der Waals surface area (Å²) in [5, 5.41) is 8.09. The largest absolute Gasteiger partial charge is 0.306 e. The molecule has 0 unspecified atom stereocenters. The van der Waals surface area contributed by atoms with Gasteiger partial charge in [0.15, 0.2) is 0 Å². The summed E-state index contributed by atoms with van der Waals surface area (Å²) >= 11 is 0. The molecule has 2 heterocycles. The van der Waals surface area contributed by atoms with Gasteiger partial charge in [0.05, 0.1) is 16.8 Å². The van der Waals surface area contributed by atoms with E-state index in [4.69, 9.17) is 0 Å². The summed E-state index contributed by atoms with van der Waals surface area (Å²) in [6.45, 7) is 0. The minimum Gasteiger partial charge on any atom is -0.306 e. The van der Waals surface area contributed by atoms with E-state index in [1.807, 2.05) is 54.6 Å². The van der Waals surface area contributed by atoms with Gasteiger partial charge in [-0.15, -0.1) is 0 Å². The molecular formula is C19H14N4O. The number of rotatable bonds is 3. The Kier molecular flexibility index (Phi) is 3.51. The van der Waals surface area contributed by atoms with Crippen LogP contribution in [0.25, 0.3) is 16.6 Å². The Labute approximate surface area is 138 Å². The van der Waals surface area contributed by atoms with Crippen molar-refractivity contribution in [2.24, 2.45) is 0 Å². The summed E-state index contributed by atoms with van der Waals surface area (Å²) in [4.78, 5) is 17.2. The van der Waals surface area contributed by atoms with E-state index < -0.39 is 0 Å². The molecular weight excluding hydrogens is 300 g/mol. The molecule has 2 aromatic carbocycles. The maximum Gasteiger partial charge on any atom is 0.259 e. The van der Waals surface area contributed by atoms with Crippen molar-refractivity contribution in [2.45, 2.75) is 0 Å². The Morgan fingerprint density at radius 1 is 0.917 bits per heavy atom. The molecule has 0 saturated carbocycles. The lowest BCUT2D eigenvalue weighted by Crippen LogP contribution is -2.16. The van der Waals surface area contributed by atoms with Crippen LogP contribution in [-0.2, 0) is 0 Å². The molecule has 0 radical (unpaired) electrons. The van der Waals surface area contributed by atoms with E-state index in [1.54, 1.807) is 29.2 Å². The molecule has 0 aliphatic carbocycles. The first-order chi connectivity index (χ1) is 11.8. The van der Waals surface area contributed by atoms with Crippen LogP contribution in [0.5, 0.6) is 0 Å². The SMILES string of the molecule is O=C(Nc1ccc2ccccc2n1)c1ccccc1-n1cccn1. The number of nitrogens with one attached hydrogen (secondary N) is 1. The molecule has 0 fully saturated rings. The van der Waals surface area contributed by atoms with E-state index in [-0.39, 0.29) is 5.91 Å². The van der Waals surface area contributed by atoms with Crippen LogP contribution in [0, 0.1) is 0 Å². The van der Waals surface area contributed by atoms with Crippen LogP contribution in [0.3, 0.4) is 0 Å². The summed E-state index contributed by atoms with van der Waals surface area (Å²) in [7, 11) is 0. The van der Waals surface area contributed by atoms with Gasteiger partial charge in [-0.3, -0.25) is 4.79 Å². The number of fused-ring (bicyclic) bond motifs is 1. The second-order valence-corrected chi connectivity index (χ2v) is 5.31. The van der Waals surface area contributed by atoms with Crippen LogP contribution >= 0.6 is 0 Å². The average Bonchev–Trinajstić information content (AvgIpc) is 3.16.